The molecule has 1 aromatic rings. The van der Waals surface area contributed by atoms with Gasteiger partial charge in [0.2, 0.25) is 0 Å². The van der Waals surface area contributed by atoms with E-state index in [0.29, 0.717) is 5.92 Å². The normalized spacial score (nSPS) is 17.6. The summed E-state index contributed by atoms with van der Waals surface area (Å²) in [6.07, 6.45) is 8.25. The molecule has 0 heterocycles. The first kappa shape index (κ1) is 16.0. The summed E-state index contributed by atoms with van der Waals surface area (Å²) in [5.41, 5.74) is 0.888. The number of hydrogen-bond acceptors (Lipinski definition) is 3. The number of ketones is 1. The maximum atomic E-state index is 12.1. The summed E-state index contributed by atoms with van der Waals surface area (Å²) in [7, 11) is -3.20. The minimum absolute atomic E-state index is 0.0222. The van der Waals surface area contributed by atoms with Crippen molar-refractivity contribution in [2.45, 2.75) is 42.9 Å². The number of carbonyl (C=O) groups excluding carboxylic acids is 1. The molecule has 0 aliphatic heterocycles. The molecule has 0 amide bonds. The lowest BCUT2D eigenvalue weighted by Crippen LogP contribution is -2.14. The van der Waals surface area contributed by atoms with Gasteiger partial charge < -0.3 is 0 Å². The minimum atomic E-state index is -3.20. The van der Waals surface area contributed by atoms with Crippen LogP contribution in [-0.4, -0.2) is 20.5 Å². The van der Waals surface area contributed by atoms with Gasteiger partial charge in [0.15, 0.2) is 15.6 Å². The molecule has 4 heteroatoms. The van der Waals surface area contributed by atoms with Crippen molar-refractivity contribution >= 4 is 15.6 Å². The van der Waals surface area contributed by atoms with Gasteiger partial charge in [-0.1, -0.05) is 44.4 Å². The van der Waals surface area contributed by atoms with E-state index < -0.39 is 9.84 Å². The number of carbonyl (C=O) groups is 1. The molecule has 0 bridgehead atoms. The Labute approximate surface area is 127 Å². The van der Waals surface area contributed by atoms with Crippen molar-refractivity contribution in [3.8, 4) is 0 Å². The number of allylic oxidation sites excluding steroid dienone is 1. The highest BCUT2D eigenvalue weighted by Gasteiger charge is 2.25. The van der Waals surface area contributed by atoms with E-state index in [1.807, 2.05) is 0 Å². The lowest BCUT2D eigenvalue weighted by Gasteiger charge is -2.19. The van der Waals surface area contributed by atoms with Crippen molar-refractivity contribution in [2.24, 2.45) is 5.92 Å². The van der Waals surface area contributed by atoms with Crippen molar-refractivity contribution in [3.63, 3.8) is 0 Å². The van der Waals surface area contributed by atoms with Crippen LogP contribution < -0.4 is 0 Å². The second kappa shape index (κ2) is 6.56. The molecular weight excluding hydrogens is 284 g/mol. The molecule has 1 aliphatic rings. The van der Waals surface area contributed by atoms with Crippen LogP contribution in [0.5, 0.6) is 0 Å². The number of sulfone groups is 1. The Morgan fingerprint density at radius 1 is 1.29 bits per heavy atom. The van der Waals surface area contributed by atoms with Crippen LogP contribution >= 0.6 is 0 Å². The highest BCUT2D eigenvalue weighted by atomic mass is 32.2. The van der Waals surface area contributed by atoms with E-state index in [0.717, 1.165) is 12.0 Å². The number of rotatable bonds is 6. The third kappa shape index (κ3) is 4.03. The highest BCUT2D eigenvalue weighted by Crippen LogP contribution is 2.35. The van der Waals surface area contributed by atoms with Gasteiger partial charge in [-0.15, -0.1) is 0 Å². The van der Waals surface area contributed by atoms with E-state index in [4.69, 9.17) is 0 Å². The van der Waals surface area contributed by atoms with E-state index in [9.17, 15) is 13.2 Å². The first-order valence-electron chi connectivity index (χ1n) is 7.38. The predicted molar refractivity (Wildman–Crippen MR) is 84.1 cm³/mol. The molecular formula is C17H22O3S. The van der Waals surface area contributed by atoms with Crippen LogP contribution in [0.2, 0.25) is 0 Å². The van der Waals surface area contributed by atoms with Crippen LogP contribution in [0.3, 0.4) is 0 Å². The monoisotopic (exact) mass is 306 g/mol. The van der Waals surface area contributed by atoms with E-state index in [1.165, 1.54) is 38.0 Å². The summed E-state index contributed by atoms with van der Waals surface area (Å²) in [5.74, 6) is 0.418. The quantitative estimate of drug-likeness (QED) is 0.756. The second-order valence-corrected chi connectivity index (χ2v) is 7.90. The molecule has 0 aromatic heterocycles. The lowest BCUT2D eigenvalue weighted by molar-refractivity contribution is -0.116. The fraction of sp³-hybridized carbons (Fsp3) is 0.471. The van der Waals surface area contributed by atoms with Crippen LogP contribution in [-0.2, 0) is 14.6 Å². The zero-order valence-electron chi connectivity index (χ0n) is 12.4. The Hall–Kier alpha value is -1.42. The Morgan fingerprint density at radius 3 is 2.33 bits per heavy atom. The van der Waals surface area contributed by atoms with E-state index in [2.05, 4.69) is 6.58 Å². The van der Waals surface area contributed by atoms with Crippen molar-refractivity contribution in [1.82, 2.24) is 0 Å². The van der Waals surface area contributed by atoms with Crippen LogP contribution in [0.4, 0.5) is 0 Å². The third-order valence-electron chi connectivity index (χ3n) is 4.30. The highest BCUT2D eigenvalue weighted by molar-refractivity contribution is 7.90. The van der Waals surface area contributed by atoms with Gasteiger partial charge in [0.05, 0.1) is 4.90 Å². The van der Waals surface area contributed by atoms with Crippen molar-refractivity contribution in [2.75, 3.05) is 6.26 Å². The van der Waals surface area contributed by atoms with Crippen molar-refractivity contribution in [1.29, 1.82) is 0 Å². The van der Waals surface area contributed by atoms with Gasteiger partial charge in [-0.25, -0.2) is 8.42 Å². The van der Waals surface area contributed by atoms with E-state index in [-0.39, 0.29) is 16.6 Å². The van der Waals surface area contributed by atoms with Gasteiger partial charge in [-0.3, -0.25) is 4.79 Å². The largest absolute Gasteiger partial charge is 0.294 e. The Bertz CT molecular complexity index is 608. The first-order chi connectivity index (χ1) is 9.91. The molecule has 0 radical (unpaired) electrons. The smallest absolute Gasteiger partial charge is 0.175 e. The van der Waals surface area contributed by atoms with Gasteiger partial charge in [0, 0.05) is 12.2 Å². The maximum absolute atomic E-state index is 12.1. The SMILES string of the molecule is C=CC(=O)C(CC1CCCC1)c1ccc(S(C)(=O)=O)cc1. The van der Waals surface area contributed by atoms with Crippen LogP contribution in [0, 0.1) is 5.92 Å². The van der Waals surface area contributed by atoms with Gasteiger partial charge in [0.1, 0.15) is 0 Å². The molecule has 1 fully saturated rings. The topological polar surface area (TPSA) is 51.2 Å². The van der Waals surface area contributed by atoms with Gasteiger partial charge >= 0.3 is 0 Å². The zero-order valence-corrected chi connectivity index (χ0v) is 13.2. The van der Waals surface area contributed by atoms with Crippen LogP contribution in [0.25, 0.3) is 0 Å². The average molecular weight is 306 g/mol. The molecule has 1 aliphatic carbocycles. The van der Waals surface area contributed by atoms with Gasteiger partial charge in [0.25, 0.3) is 0 Å². The Kier molecular flexibility index (Phi) is 4.99. The maximum Gasteiger partial charge on any atom is 0.175 e. The molecule has 0 saturated heterocycles. The summed E-state index contributed by atoms with van der Waals surface area (Å²) in [6.45, 7) is 3.59. The summed E-state index contributed by atoms with van der Waals surface area (Å²) >= 11 is 0. The molecule has 2 rings (SSSR count). The molecule has 1 aromatic carbocycles. The number of hydrogen-bond donors (Lipinski definition) is 0. The van der Waals surface area contributed by atoms with Crippen LogP contribution in [0.15, 0.2) is 41.8 Å². The van der Waals surface area contributed by atoms with Gasteiger partial charge in [-0.05, 0) is 36.1 Å². The molecule has 0 spiro atoms. The van der Waals surface area contributed by atoms with Crippen molar-refractivity contribution < 1.29 is 13.2 Å². The van der Waals surface area contributed by atoms with Gasteiger partial charge in [-0.2, -0.15) is 0 Å². The summed E-state index contributed by atoms with van der Waals surface area (Å²) in [6, 6.07) is 6.69. The summed E-state index contributed by atoms with van der Waals surface area (Å²) in [4.78, 5) is 12.4. The molecule has 21 heavy (non-hydrogen) atoms. The molecule has 3 nitrogen and oxygen atoms in total. The van der Waals surface area contributed by atoms with E-state index in [1.54, 1.807) is 24.3 Å². The van der Waals surface area contributed by atoms with Crippen molar-refractivity contribution in [3.05, 3.63) is 42.5 Å². The Morgan fingerprint density at radius 2 is 1.86 bits per heavy atom. The third-order valence-corrected chi connectivity index (χ3v) is 5.43. The standard InChI is InChI=1S/C17H22O3S/c1-3-17(18)16(12-13-6-4-5-7-13)14-8-10-15(11-9-14)21(2,19)20/h3,8-11,13,16H,1,4-7,12H2,2H3. The Balaban J connectivity index is 2.23. The number of benzene rings is 1. The molecule has 1 saturated carbocycles. The molecule has 0 N–H and O–H groups in total. The average Bonchev–Trinajstić information content (AvgIpc) is 2.96. The lowest BCUT2D eigenvalue weighted by atomic mass is 9.85. The molecule has 1 atom stereocenters. The summed E-state index contributed by atoms with van der Waals surface area (Å²) < 4.78 is 23.0. The van der Waals surface area contributed by atoms with E-state index >= 15 is 0 Å². The minimum Gasteiger partial charge on any atom is -0.294 e. The second-order valence-electron chi connectivity index (χ2n) is 5.89. The fourth-order valence-corrected chi connectivity index (χ4v) is 3.72. The first-order valence-corrected chi connectivity index (χ1v) is 9.27. The predicted octanol–water partition coefficient (Wildman–Crippen LogP) is 3.51. The zero-order chi connectivity index (χ0) is 15.5. The fourth-order valence-electron chi connectivity index (χ4n) is 3.09. The molecule has 1 unspecified atom stereocenters. The molecule has 114 valence electrons. The summed E-state index contributed by atoms with van der Waals surface area (Å²) in [5, 5.41) is 0. The van der Waals surface area contributed by atoms with Crippen LogP contribution in [0.1, 0.15) is 43.6 Å².